The number of halogens is 2. The zero-order chi connectivity index (χ0) is 20.5. The van der Waals surface area contributed by atoms with E-state index < -0.39 is 5.91 Å². The summed E-state index contributed by atoms with van der Waals surface area (Å²) in [5.74, 6) is -0.758. The molecule has 2 aliphatic rings. The maximum atomic E-state index is 13.1. The molecule has 2 heterocycles. The molecule has 2 aromatic carbocycles. The van der Waals surface area contributed by atoms with Crippen LogP contribution in [0.15, 0.2) is 59.3 Å². The van der Waals surface area contributed by atoms with E-state index in [4.69, 9.17) is 11.6 Å². The topological polar surface area (TPSA) is 45.1 Å². The monoisotopic (exact) mass is 522 g/mol. The number of hydrogen-bond donors (Lipinski definition) is 1. The largest absolute Gasteiger partial charge is 0.354 e. The van der Waals surface area contributed by atoms with Gasteiger partial charge < -0.3 is 9.80 Å². The predicted molar refractivity (Wildman–Crippen MR) is 122 cm³/mol. The normalized spacial score (nSPS) is 18.2. The Balaban J connectivity index is 1.48. The molecule has 150 valence electrons. The van der Waals surface area contributed by atoms with Crippen molar-refractivity contribution in [2.75, 3.05) is 31.1 Å². The summed E-state index contributed by atoms with van der Waals surface area (Å²) in [6, 6.07) is 16.1. The molecular weight excluding hydrogens is 501 g/mol. The summed E-state index contributed by atoms with van der Waals surface area (Å²) >= 11 is 8.58. The first-order valence-corrected chi connectivity index (χ1v) is 11.1. The van der Waals surface area contributed by atoms with Gasteiger partial charge in [0.25, 0.3) is 11.8 Å². The fourth-order valence-corrected chi connectivity index (χ4v) is 4.89. The second-order valence-corrected chi connectivity index (χ2v) is 9.06. The fraction of sp³-hybridized carbons (Fsp3) is 0.273. The Morgan fingerprint density at radius 3 is 2.38 bits per heavy atom. The highest BCUT2D eigenvalue weighted by atomic mass is 127. The van der Waals surface area contributed by atoms with Gasteiger partial charge in [0.2, 0.25) is 0 Å². The SMILES string of the molecule is Cc1cc(I)ccc1N1C(=O)C(Cl)=C(N2CC[NH+](Cc3ccccc3)CC2)C1=O. The number of imide groups is 1. The van der Waals surface area contributed by atoms with E-state index in [2.05, 4.69) is 46.9 Å². The number of anilines is 1. The van der Waals surface area contributed by atoms with E-state index in [-0.39, 0.29) is 10.9 Å². The molecule has 2 amide bonds. The van der Waals surface area contributed by atoms with Gasteiger partial charge in [-0.15, -0.1) is 0 Å². The molecule has 0 unspecified atom stereocenters. The predicted octanol–water partition coefficient (Wildman–Crippen LogP) is 2.32. The van der Waals surface area contributed by atoms with Crippen LogP contribution in [0.2, 0.25) is 0 Å². The van der Waals surface area contributed by atoms with Gasteiger partial charge >= 0.3 is 0 Å². The van der Waals surface area contributed by atoms with Crippen LogP contribution in [-0.4, -0.2) is 42.9 Å². The lowest BCUT2D eigenvalue weighted by molar-refractivity contribution is -0.917. The Hall–Kier alpha value is -1.90. The van der Waals surface area contributed by atoms with Crippen LogP contribution in [-0.2, 0) is 16.1 Å². The summed E-state index contributed by atoms with van der Waals surface area (Å²) in [6.45, 7) is 6.05. The van der Waals surface area contributed by atoms with Crippen LogP contribution in [0.25, 0.3) is 0 Å². The Bertz CT molecular complexity index is 985. The number of benzene rings is 2. The molecule has 0 bridgehead atoms. The van der Waals surface area contributed by atoms with Crippen molar-refractivity contribution in [2.24, 2.45) is 0 Å². The Kier molecular flexibility index (Phi) is 5.94. The molecule has 0 atom stereocenters. The summed E-state index contributed by atoms with van der Waals surface area (Å²) in [5, 5.41) is 0.0273. The zero-order valence-electron chi connectivity index (χ0n) is 16.1. The molecule has 0 aliphatic carbocycles. The molecule has 0 spiro atoms. The van der Waals surface area contributed by atoms with Gasteiger partial charge in [-0.25, -0.2) is 4.90 Å². The van der Waals surface area contributed by atoms with Gasteiger partial charge in [-0.05, 0) is 53.3 Å². The number of hydrogen-bond acceptors (Lipinski definition) is 3. The van der Waals surface area contributed by atoms with Crippen LogP contribution in [0.5, 0.6) is 0 Å². The van der Waals surface area contributed by atoms with Crippen molar-refractivity contribution in [3.05, 3.63) is 74.0 Å². The molecule has 0 aromatic heterocycles. The number of carbonyl (C=O) groups excluding carboxylic acids is 2. The van der Waals surface area contributed by atoms with Crippen LogP contribution in [0.4, 0.5) is 5.69 Å². The number of aryl methyl sites for hydroxylation is 1. The number of rotatable bonds is 4. The summed E-state index contributed by atoms with van der Waals surface area (Å²) < 4.78 is 1.06. The van der Waals surface area contributed by atoms with Crippen LogP contribution in [0.1, 0.15) is 11.1 Å². The molecule has 2 aliphatic heterocycles. The first-order valence-electron chi connectivity index (χ1n) is 9.63. The van der Waals surface area contributed by atoms with Crippen LogP contribution in [0, 0.1) is 10.5 Å². The Morgan fingerprint density at radius 2 is 1.72 bits per heavy atom. The van der Waals surface area contributed by atoms with Crippen molar-refractivity contribution in [3.63, 3.8) is 0 Å². The van der Waals surface area contributed by atoms with Crippen LogP contribution < -0.4 is 9.80 Å². The summed E-state index contributed by atoms with van der Waals surface area (Å²) in [6.07, 6.45) is 0. The van der Waals surface area contributed by atoms with Gasteiger partial charge in [-0.3, -0.25) is 9.59 Å². The average molecular weight is 523 g/mol. The number of quaternary nitrogens is 1. The van der Waals surface area contributed by atoms with Crippen molar-refractivity contribution >= 4 is 51.7 Å². The molecule has 1 saturated heterocycles. The molecule has 7 heteroatoms. The average Bonchev–Trinajstić information content (AvgIpc) is 2.93. The van der Waals surface area contributed by atoms with E-state index in [0.717, 1.165) is 28.8 Å². The number of amides is 2. The van der Waals surface area contributed by atoms with Crippen molar-refractivity contribution in [1.82, 2.24) is 4.90 Å². The third kappa shape index (κ3) is 4.06. The van der Waals surface area contributed by atoms with Gasteiger partial charge in [0.05, 0.1) is 31.9 Å². The van der Waals surface area contributed by atoms with E-state index in [1.807, 2.05) is 36.1 Å². The lowest BCUT2D eigenvalue weighted by atomic mass is 10.2. The Morgan fingerprint density at radius 1 is 1.03 bits per heavy atom. The fourth-order valence-electron chi connectivity index (χ4n) is 3.96. The van der Waals surface area contributed by atoms with E-state index >= 15 is 0 Å². The lowest BCUT2D eigenvalue weighted by Gasteiger charge is -2.34. The van der Waals surface area contributed by atoms with Crippen molar-refractivity contribution < 1.29 is 14.5 Å². The minimum atomic E-state index is -0.435. The molecular formula is C22H22ClIN3O2+. The second-order valence-electron chi connectivity index (χ2n) is 7.44. The van der Waals surface area contributed by atoms with Gasteiger partial charge in [-0.2, -0.15) is 0 Å². The molecule has 2 aromatic rings. The molecule has 4 rings (SSSR count). The summed E-state index contributed by atoms with van der Waals surface area (Å²) in [5.41, 5.74) is 3.12. The van der Waals surface area contributed by atoms with Gasteiger partial charge in [0.1, 0.15) is 17.3 Å². The minimum absolute atomic E-state index is 0.0273. The number of carbonyl (C=O) groups is 2. The van der Waals surface area contributed by atoms with Gasteiger partial charge in [0, 0.05) is 9.13 Å². The quantitative estimate of drug-likeness (QED) is 0.495. The zero-order valence-corrected chi connectivity index (χ0v) is 19.0. The minimum Gasteiger partial charge on any atom is -0.354 e. The molecule has 5 nitrogen and oxygen atoms in total. The van der Waals surface area contributed by atoms with E-state index in [1.165, 1.54) is 15.4 Å². The number of piperazine rings is 1. The highest BCUT2D eigenvalue weighted by Gasteiger charge is 2.42. The first-order chi connectivity index (χ1) is 14.0. The second kappa shape index (κ2) is 8.45. The van der Waals surface area contributed by atoms with Crippen molar-refractivity contribution in [1.29, 1.82) is 0 Å². The summed E-state index contributed by atoms with van der Waals surface area (Å²) in [7, 11) is 0. The smallest absolute Gasteiger partial charge is 0.283 e. The molecule has 29 heavy (non-hydrogen) atoms. The molecule has 1 fully saturated rings. The van der Waals surface area contributed by atoms with Crippen molar-refractivity contribution in [3.8, 4) is 0 Å². The van der Waals surface area contributed by atoms with Gasteiger partial charge in [-0.1, -0.05) is 41.9 Å². The highest BCUT2D eigenvalue weighted by Crippen LogP contribution is 2.33. The number of nitrogens with zero attached hydrogens (tertiary/aromatic N) is 2. The van der Waals surface area contributed by atoms with E-state index in [9.17, 15) is 9.59 Å². The van der Waals surface area contributed by atoms with Gasteiger partial charge in [0.15, 0.2) is 0 Å². The first kappa shape index (κ1) is 20.4. The summed E-state index contributed by atoms with van der Waals surface area (Å²) in [4.78, 5) is 30.6. The molecule has 0 saturated carbocycles. The highest BCUT2D eigenvalue weighted by molar-refractivity contribution is 14.1. The van der Waals surface area contributed by atoms with Crippen LogP contribution in [0.3, 0.4) is 0 Å². The molecule has 0 radical (unpaired) electrons. The van der Waals surface area contributed by atoms with Crippen LogP contribution >= 0.6 is 34.2 Å². The Labute approximate surface area is 189 Å². The lowest BCUT2D eigenvalue weighted by Crippen LogP contribution is -3.13. The maximum absolute atomic E-state index is 13.1. The standard InChI is InChI=1S/C22H21ClIN3O2/c1-15-13-17(24)7-8-18(15)27-21(28)19(23)20(22(27)29)26-11-9-25(10-12-26)14-16-5-3-2-4-6-16/h2-8,13H,9-12,14H2,1H3/p+1. The number of nitrogens with one attached hydrogen (secondary N) is 1. The van der Waals surface area contributed by atoms with E-state index in [0.29, 0.717) is 24.5 Å². The van der Waals surface area contributed by atoms with Crippen molar-refractivity contribution in [2.45, 2.75) is 13.5 Å². The third-order valence-corrected chi connectivity index (χ3v) is 6.50. The molecule has 1 N–H and O–H groups in total. The third-order valence-electron chi connectivity index (χ3n) is 5.49. The van der Waals surface area contributed by atoms with E-state index in [1.54, 1.807) is 0 Å². The maximum Gasteiger partial charge on any atom is 0.283 e.